The van der Waals surface area contributed by atoms with E-state index in [9.17, 15) is 0 Å². The summed E-state index contributed by atoms with van der Waals surface area (Å²) in [6, 6.07) is 25.7. The van der Waals surface area contributed by atoms with Crippen molar-refractivity contribution in [3.8, 4) is 0 Å². The van der Waals surface area contributed by atoms with Crippen LogP contribution in [0.3, 0.4) is 0 Å². The third-order valence-corrected chi connectivity index (χ3v) is 6.86. The molecule has 132 valence electrons. The molecule has 0 radical (unpaired) electrons. The van der Waals surface area contributed by atoms with E-state index < -0.39 is 0 Å². The van der Waals surface area contributed by atoms with Gasteiger partial charge in [0, 0.05) is 37.8 Å². The van der Waals surface area contributed by atoms with Gasteiger partial charge >= 0.3 is 0 Å². The van der Waals surface area contributed by atoms with Crippen LogP contribution < -0.4 is 0 Å². The van der Waals surface area contributed by atoms with Crippen LogP contribution in [0.1, 0.15) is 0 Å². The lowest BCUT2D eigenvalue weighted by atomic mass is 10.1. The average molecular weight is 472 g/mol. The second-order valence-electron chi connectivity index (χ2n) is 7.27. The van der Waals surface area contributed by atoms with E-state index in [-0.39, 0.29) is 0 Å². The molecule has 4 aromatic carbocycles. The quantitative estimate of drug-likeness (QED) is 0.228. The molecule has 0 atom stereocenters. The first-order valence-corrected chi connectivity index (χ1v) is 10.2. The van der Waals surface area contributed by atoms with Gasteiger partial charge in [-0.3, -0.25) is 2.78 Å². The van der Waals surface area contributed by atoms with Crippen molar-refractivity contribution in [3.63, 3.8) is 0 Å². The van der Waals surface area contributed by atoms with Gasteiger partial charge in [-0.05, 0) is 24.3 Å². The number of para-hydroxylation sites is 2. The third-order valence-electron chi connectivity index (χ3n) is 5.86. The van der Waals surface area contributed by atoms with E-state index in [1.165, 1.54) is 27.1 Å². The number of aromatic nitrogens is 2. The first-order valence-electron chi connectivity index (χ1n) is 9.25. The van der Waals surface area contributed by atoms with Crippen LogP contribution in [0, 0.1) is 0 Å². The molecule has 0 bridgehead atoms. The number of furan rings is 1. The smallest absolute Gasteiger partial charge is 0.160 e. The third kappa shape index (κ3) is 1.70. The Kier molecular flexibility index (Phi) is 2.72. The molecule has 0 aliphatic heterocycles. The normalized spacial score (nSPS) is 12.5. The summed E-state index contributed by atoms with van der Waals surface area (Å²) in [5, 5.41) is 7.22. The summed E-state index contributed by atoms with van der Waals surface area (Å²) >= 11 is 2.38. The van der Waals surface area contributed by atoms with Gasteiger partial charge in [-0.25, -0.2) is 0 Å². The predicted molar refractivity (Wildman–Crippen MR) is 126 cm³/mol. The van der Waals surface area contributed by atoms with E-state index in [4.69, 9.17) is 4.42 Å². The number of hydrogen-bond acceptors (Lipinski definition) is 1. The Morgan fingerprint density at radius 2 is 1.32 bits per heavy atom. The molecular formula is C24H13IN2O. The zero-order chi connectivity index (χ0) is 18.4. The molecule has 7 aromatic rings. The van der Waals surface area contributed by atoms with Gasteiger partial charge in [0.2, 0.25) is 0 Å². The van der Waals surface area contributed by atoms with Crippen molar-refractivity contribution in [2.45, 2.75) is 0 Å². The largest absolute Gasteiger partial charge is 0.452 e. The van der Waals surface area contributed by atoms with E-state index in [1.807, 2.05) is 0 Å². The monoisotopic (exact) mass is 472 g/mol. The summed E-state index contributed by atoms with van der Waals surface area (Å²) < 4.78 is 8.78. The van der Waals surface area contributed by atoms with Crippen molar-refractivity contribution in [2.24, 2.45) is 0 Å². The Morgan fingerprint density at radius 3 is 2.21 bits per heavy atom. The predicted octanol–water partition coefficient (Wildman–Crippen LogP) is 7.53. The van der Waals surface area contributed by atoms with Gasteiger partial charge < -0.3 is 9.40 Å². The summed E-state index contributed by atoms with van der Waals surface area (Å²) in [6.07, 6.45) is 0. The fraction of sp³-hybridized carbons (Fsp3) is 0. The minimum absolute atomic E-state index is 0.929. The maximum Gasteiger partial charge on any atom is 0.160 e. The van der Waals surface area contributed by atoms with Gasteiger partial charge in [-0.2, -0.15) is 0 Å². The molecule has 0 aliphatic carbocycles. The summed E-state index contributed by atoms with van der Waals surface area (Å²) in [5.74, 6) is 0. The second-order valence-corrected chi connectivity index (χ2v) is 8.24. The number of fused-ring (bicyclic) bond motifs is 11. The molecular weight excluding hydrogens is 459 g/mol. The molecule has 0 unspecified atom stereocenters. The Morgan fingerprint density at radius 1 is 0.643 bits per heavy atom. The Labute approximate surface area is 173 Å². The molecule has 7 rings (SSSR count). The van der Waals surface area contributed by atoms with Gasteiger partial charge in [0.25, 0.3) is 0 Å². The van der Waals surface area contributed by atoms with Crippen molar-refractivity contribution >= 4 is 88.4 Å². The van der Waals surface area contributed by atoms with E-state index in [1.54, 1.807) is 0 Å². The topological polar surface area (TPSA) is 33.9 Å². The summed E-state index contributed by atoms with van der Waals surface area (Å²) in [6.45, 7) is 0. The van der Waals surface area contributed by atoms with Gasteiger partial charge in [0.15, 0.2) is 11.2 Å². The second kappa shape index (κ2) is 5.08. The average Bonchev–Trinajstić information content (AvgIpc) is 3.38. The zero-order valence-electron chi connectivity index (χ0n) is 14.7. The summed E-state index contributed by atoms with van der Waals surface area (Å²) in [7, 11) is 0. The number of H-pyrrole nitrogens is 1. The van der Waals surface area contributed by atoms with Gasteiger partial charge in [-0.1, -0.05) is 48.5 Å². The molecule has 1 N–H and O–H groups in total. The number of nitrogens with one attached hydrogen (secondary N) is 1. The van der Waals surface area contributed by atoms with E-state index in [0.717, 1.165) is 38.5 Å². The highest BCUT2D eigenvalue weighted by Gasteiger charge is 2.19. The Bertz CT molecular complexity index is 1730. The van der Waals surface area contributed by atoms with Crippen LogP contribution in [0.15, 0.2) is 77.2 Å². The highest BCUT2D eigenvalue weighted by atomic mass is 127. The Hall–Kier alpha value is -2.99. The Balaban J connectivity index is 1.74. The number of rotatable bonds is 0. The van der Waals surface area contributed by atoms with E-state index >= 15 is 0 Å². The van der Waals surface area contributed by atoms with Gasteiger partial charge in [-0.15, -0.1) is 0 Å². The van der Waals surface area contributed by atoms with Crippen LogP contribution in [0.2, 0.25) is 0 Å². The molecule has 3 nitrogen and oxygen atoms in total. The molecule has 3 aromatic heterocycles. The number of halogens is 1. The number of nitrogens with zero attached hydrogens (tertiary/aromatic N) is 1. The highest BCUT2D eigenvalue weighted by Crippen LogP contribution is 2.42. The molecule has 0 saturated carbocycles. The molecule has 0 amide bonds. The molecule has 28 heavy (non-hydrogen) atoms. The van der Waals surface area contributed by atoms with Crippen molar-refractivity contribution in [1.82, 2.24) is 7.76 Å². The van der Waals surface area contributed by atoms with Gasteiger partial charge in [0.05, 0.1) is 33.9 Å². The van der Waals surface area contributed by atoms with Crippen molar-refractivity contribution in [2.75, 3.05) is 0 Å². The molecule has 4 heteroatoms. The lowest BCUT2D eigenvalue weighted by Crippen LogP contribution is -1.78. The zero-order valence-corrected chi connectivity index (χ0v) is 16.8. The van der Waals surface area contributed by atoms with Crippen molar-refractivity contribution in [1.29, 1.82) is 0 Å². The highest BCUT2D eigenvalue weighted by molar-refractivity contribution is 14.1. The molecule has 0 aliphatic rings. The first kappa shape index (κ1) is 15.0. The maximum absolute atomic E-state index is 6.56. The van der Waals surface area contributed by atoms with Crippen molar-refractivity contribution in [3.05, 3.63) is 72.8 Å². The van der Waals surface area contributed by atoms with Crippen LogP contribution in [0.25, 0.3) is 65.6 Å². The summed E-state index contributed by atoms with van der Waals surface area (Å²) in [5.41, 5.74) is 6.43. The lowest BCUT2D eigenvalue weighted by molar-refractivity contribution is 0.675. The maximum atomic E-state index is 6.56. The van der Waals surface area contributed by atoms with Crippen LogP contribution in [0.5, 0.6) is 0 Å². The van der Waals surface area contributed by atoms with Crippen LogP contribution >= 0.6 is 22.9 Å². The van der Waals surface area contributed by atoms with Crippen LogP contribution in [-0.4, -0.2) is 7.76 Å². The molecule has 0 spiro atoms. The lowest BCUT2D eigenvalue weighted by Gasteiger charge is -1.96. The molecule has 0 fully saturated rings. The van der Waals surface area contributed by atoms with E-state index in [2.05, 4.69) is 103 Å². The minimum atomic E-state index is 0.929. The van der Waals surface area contributed by atoms with Crippen LogP contribution in [0.4, 0.5) is 0 Å². The fourth-order valence-electron chi connectivity index (χ4n) is 4.60. The van der Waals surface area contributed by atoms with Crippen molar-refractivity contribution < 1.29 is 4.42 Å². The minimum Gasteiger partial charge on any atom is -0.452 e. The number of benzene rings is 4. The molecule has 0 saturated heterocycles. The first-order chi connectivity index (χ1) is 13.8. The van der Waals surface area contributed by atoms with Gasteiger partial charge in [0.1, 0.15) is 5.52 Å². The fourth-order valence-corrected chi connectivity index (χ4v) is 5.50. The number of aromatic amines is 1. The standard InChI is InChI=1S/C24H13IN2O/c25-27-20-8-4-2-6-14(20)16-10-12-18-17-11-9-15-13-5-1-3-7-19(13)26-21(15)23(17)28-24(18)22(16)27/h1-12,26H. The SMILES string of the molecule is In1c2ccccc2c2ccc3c4ccc5c6ccccc6[nH]c5c4oc3c21. The summed E-state index contributed by atoms with van der Waals surface area (Å²) in [4.78, 5) is 3.57. The molecule has 3 heterocycles. The van der Waals surface area contributed by atoms with E-state index in [0.29, 0.717) is 0 Å². The van der Waals surface area contributed by atoms with Crippen LogP contribution in [-0.2, 0) is 0 Å². The number of hydrogen-bond donors (Lipinski definition) is 1.